The van der Waals surface area contributed by atoms with Crippen LogP contribution in [0.4, 0.5) is 0 Å². The molecule has 0 radical (unpaired) electrons. The molecule has 0 spiro atoms. The molecule has 10 aromatic rings. The summed E-state index contributed by atoms with van der Waals surface area (Å²) in [6.45, 7) is 8.79. The van der Waals surface area contributed by atoms with Crippen LogP contribution in [0.1, 0.15) is 266 Å². The average molecular weight is 1370 g/mol. The topological polar surface area (TPSA) is 269 Å². The highest BCUT2D eigenvalue weighted by Gasteiger charge is 2.42. The Morgan fingerprint density at radius 2 is 0.461 bits per heavy atom. The van der Waals surface area contributed by atoms with Crippen LogP contribution >= 0.6 is 0 Å². The standard InChI is InChI=1S/C80H74N10O12/c1-5-9-13-17-25-41-45-33-49-43(27-19-15-11-7-3)51-35-47-42(26-18-14-10-6-2)48-36-52-44(28-20-16-12-8-4)50-34-46(41)58-38-62(50)100-78-80(88-68-66(86-78)70(92)90-72(68)94)102-64(52)40-60(48)98-76-75(83-55-31-23-24-32-56(55)84-76)97-59(47)39-63(51)101-79-77(85-65-67(87-79)71(93)89-69(65)91)99-61(49)37-57(45)95-73-74(96-58)82-54-30-22-21-29-53(54)81-73/h21-24,29-44H,5-20,25-28H2,1-4H3,(H,89,91,93)(H,90,92,94). The van der Waals surface area contributed by atoms with Crippen LogP contribution in [-0.2, 0) is 0 Å². The Labute approximate surface area is 587 Å². The number of amides is 4. The Balaban J connectivity index is 1.05. The van der Waals surface area contributed by atoms with Crippen LogP contribution in [0.15, 0.2) is 97.1 Å². The molecule has 0 saturated heterocycles. The molecule has 4 amide bonds. The quantitative estimate of drug-likeness (QED) is 0.0530. The number of carbonyl (C=O) groups is 4. The molecular formula is C80H74N10O12. The summed E-state index contributed by atoms with van der Waals surface area (Å²) < 4.78 is 58.5. The third-order valence-electron chi connectivity index (χ3n) is 20.6. The number of rotatable bonds is 20. The van der Waals surface area contributed by atoms with Crippen molar-refractivity contribution < 1.29 is 57.1 Å². The van der Waals surface area contributed by atoms with Crippen LogP contribution in [-0.4, -0.2) is 63.5 Å². The fourth-order valence-corrected chi connectivity index (χ4v) is 15.5. The van der Waals surface area contributed by atoms with Crippen LogP contribution in [0.2, 0.25) is 0 Å². The minimum absolute atomic E-state index is 0.0517. The van der Waals surface area contributed by atoms with Gasteiger partial charge in [-0.1, -0.05) is 155 Å². The van der Waals surface area contributed by atoms with Crippen molar-refractivity contribution in [2.24, 2.45) is 0 Å². The van der Waals surface area contributed by atoms with Crippen LogP contribution in [0.5, 0.6) is 93.0 Å². The van der Waals surface area contributed by atoms with Crippen LogP contribution < -0.4 is 48.5 Å². The number of carbonyl (C=O) groups excluding carboxylic acids is 4. The average Bonchev–Trinajstić information content (AvgIpc) is 1.49. The van der Waals surface area contributed by atoms with Crippen LogP contribution in [0.3, 0.4) is 0 Å². The Kier molecular flexibility index (Phi) is 16.8. The summed E-state index contributed by atoms with van der Waals surface area (Å²) in [5.74, 6) is -2.65. The number of nitrogens with zero attached hydrogens (tertiary/aromatic N) is 8. The van der Waals surface area contributed by atoms with Gasteiger partial charge >= 0.3 is 0 Å². The first kappa shape index (κ1) is 64.2. The highest BCUT2D eigenvalue weighted by molar-refractivity contribution is 6.20. The predicted octanol–water partition coefficient (Wildman–Crippen LogP) is 19.2. The van der Waals surface area contributed by atoms with E-state index in [0.29, 0.717) is 93.7 Å². The molecular weight excluding hydrogens is 1290 g/mol. The van der Waals surface area contributed by atoms with E-state index in [1.54, 1.807) is 0 Å². The van der Waals surface area contributed by atoms with Gasteiger partial charge in [-0.25, -0.2) is 39.9 Å². The predicted molar refractivity (Wildman–Crippen MR) is 376 cm³/mol. The number of hydrogen-bond acceptors (Lipinski definition) is 20. The number of ether oxygens (including phenoxy) is 8. The lowest BCUT2D eigenvalue weighted by Gasteiger charge is -2.30. The maximum absolute atomic E-state index is 13.7. The lowest BCUT2D eigenvalue weighted by Crippen LogP contribution is -2.20. The second-order valence-corrected chi connectivity index (χ2v) is 27.4. The molecule has 516 valence electrons. The van der Waals surface area contributed by atoms with E-state index in [0.717, 1.165) is 147 Å². The van der Waals surface area contributed by atoms with Gasteiger partial charge in [0, 0.05) is 92.4 Å². The van der Waals surface area contributed by atoms with Crippen molar-refractivity contribution in [3.05, 3.63) is 164 Å². The number of para-hydroxylation sites is 4. The van der Waals surface area contributed by atoms with Gasteiger partial charge in [0.05, 0.1) is 22.1 Å². The summed E-state index contributed by atoms with van der Waals surface area (Å²) in [6, 6.07) is 31.3. The molecule has 0 saturated carbocycles. The monoisotopic (exact) mass is 1370 g/mol. The number of fused-ring (bicyclic) bond motifs is 8. The van der Waals surface area contributed by atoms with Crippen molar-refractivity contribution in [1.82, 2.24) is 50.5 Å². The summed E-state index contributed by atoms with van der Waals surface area (Å²) in [7, 11) is 0. The molecule has 0 unspecified atom stereocenters. The van der Waals surface area contributed by atoms with E-state index in [-0.39, 0.29) is 69.8 Å². The zero-order chi connectivity index (χ0) is 69.3. The molecule has 22 nitrogen and oxygen atoms in total. The largest absolute Gasteiger partial charge is 0.434 e. The van der Waals surface area contributed by atoms with E-state index in [4.69, 9.17) is 77.8 Å². The van der Waals surface area contributed by atoms with E-state index in [2.05, 4.69) is 62.6 Å². The summed E-state index contributed by atoms with van der Waals surface area (Å²) in [5, 5.41) is 4.75. The van der Waals surface area contributed by atoms with Gasteiger partial charge in [-0.2, -0.15) is 0 Å². The summed E-state index contributed by atoms with van der Waals surface area (Å²) in [5.41, 5.74) is 7.49. The van der Waals surface area contributed by atoms with E-state index >= 15 is 0 Å². The molecule has 0 fully saturated rings. The lowest BCUT2D eigenvalue weighted by molar-refractivity contribution is 0.0860. The second kappa shape index (κ2) is 26.7. The first-order valence-corrected chi connectivity index (χ1v) is 36.2. The SMILES string of the molecule is CCCCCCC1c2cc3c4cc2Oc2nc5c(nc2Oc2cc6c(cc21)C(CCCCCC)c1cc2c(cc1Oc1nc7ccccc7nc1O6)Oc1nc6c(nc1Oc1cc(c(cc1C2CCCCCC)C3CCCCCC)Oc1nc2ccccc2nc1O4)C(=O)NC6=O)C(=O)NC5=O. The molecule has 17 rings (SSSR count). The minimum Gasteiger partial charge on any atom is -0.434 e. The van der Waals surface area contributed by atoms with Crippen LogP contribution in [0.25, 0.3) is 22.1 Å². The first-order chi connectivity index (χ1) is 50.0. The number of aromatic nitrogens is 8. The summed E-state index contributed by atoms with van der Waals surface area (Å²) >= 11 is 0. The molecule has 102 heavy (non-hydrogen) atoms. The van der Waals surface area contributed by atoms with Crippen molar-refractivity contribution in [2.75, 3.05) is 0 Å². The number of hydrogen-bond donors (Lipinski definition) is 2. The van der Waals surface area contributed by atoms with Crippen molar-refractivity contribution in [2.45, 2.75) is 180 Å². The van der Waals surface area contributed by atoms with Crippen molar-refractivity contribution in [3.8, 4) is 93.0 Å². The molecule has 4 aromatic heterocycles. The fraction of sp³-hybridized carbons (Fsp3) is 0.350. The van der Waals surface area contributed by atoms with E-state index < -0.39 is 47.3 Å². The maximum Gasteiger partial charge on any atom is 0.284 e. The van der Waals surface area contributed by atoms with Gasteiger partial charge in [0.2, 0.25) is 0 Å². The molecule has 10 heterocycles. The number of nitrogens with one attached hydrogen (secondary N) is 2. The highest BCUT2D eigenvalue weighted by Crippen LogP contribution is 2.59. The Morgan fingerprint density at radius 1 is 0.265 bits per heavy atom. The number of unbranched alkanes of at least 4 members (excludes halogenated alkanes) is 12. The first-order valence-electron chi connectivity index (χ1n) is 36.2. The molecule has 8 bridgehead atoms. The normalized spacial score (nSPS) is 17.3. The molecule has 6 aliphatic heterocycles. The number of imide groups is 2. The second-order valence-electron chi connectivity index (χ2n) is 27.4. The van der Waals surface area contributed by atoms with Gasteiger partial charge in [0.1, 0.15) is 46.0 Å². The number of benzene rings is 6. The van der Waals surface area contributed by atoms with Crippen LogP contribution in [0, 0.1) is 0 Å². The van der Waals surface area contributed by atoms with Crippen molar-refractivity contribution in [3.63, 3.8) is 0 Å². The molecule has 7 aliphatic rings. The molecule has 22 heteroatoms. The minimum atomic E-state index is -0.732. The highest BCUT2D eigenvalue weighted by atomic mass is 16.6. The summed E-state index contributed by atoms with van der Waals surface area (Å²) in [6.07, 6.45) is 17.2. The molecule has 6 aromatic carbocycles. The fourth-order valence-electron chi connectivity index (χ4n) is 15.5. The van der Waals surface area contributed by atoms with Gasteiger partial charge in [0.25, 0.3) is 70.7 Å². The Hall–Kier alpha value is -11.2. The third-order valence-corrected chi connectivity index (χ3v) is 20.6. The smallest absolute Gasteiger partial charge is 0.284 e. The van der Waals surface area contributed by atoms with Gasteiger partial charge in [-0.3, -0.25) is 29.8 Å². The molecule has 1 aliphatic carbocycles. The van der Waals surface area contributed by atoms with E-state index in [1.807, 2.05) is 72.8 Å². The zero-order valence-electron chi connectivity index (χ0n) is 57.2. The third kappa shape index (κ3) is 11.6. The van der Waals surface area contributed by atoms with Crippen molar-refractivity contribution >= 4 is 45.7 Å². The van der Waals surface area contributed by atoms with Gasteiger partial charge in [-0.15, -0.1) is 0 Å². The van der Waals surface area contributed by atoms with E-state index in [1.165, 1.54) is 0 Å². The maximum atomic E-state index is 13.7. The van der Waals surface area contributed by atoms with Gasteiger partial charge in [-0.05, 0) is 74.2 Å². The molecule has 0 atom stereocenters. The Bertz CT molecular complexity index is 4540. The zero-order valence-corrected chi connectivity index (χ0v) is 57.2. The lowest BCUT2D eigenvalue weighted by atomic mass is 9.76. The Morgan fingerprint density at radius 3 is 0.657 bits per heavy atom. The van der Waals surface area contributed by atoms with E-state index in [9.17, 15) is 19.2 Å². The molecule has 2 N–H and O–H groups in total. The van der Waals surface area contributed by atoms with Gasteiger partial charge < -0.3 is 37.9 Å². The van der Waals surface area contributed by atoms with Gasteiger partial charge in [0.15, 0.2) is 22.8 Å². The van der Waals surface area contributed by atoms with Crippen molar-refractivity contribution in [1.29, 1.82) is 0 Å². The summed E-state index contributed by atoms with van der Waals surface area (Å²) in [4.78, 5) is 95.0.